The van der Waals surface area contributed by atoms with Crippen LogP contribution in [0.25, 0.3) is 10.9 Å². The van der Waals surface area contributed by atoms with Crippen molar-refractivity contribution in [1.29, 1.82) is 0 Å². The largest absolute Gasteiger partial charge is 0.445 e. The number of aromatic nitrogens is 1. The summed E-state index contributed by atoms with van der Waals surface area (Å²) in [6.07, 6.45) is 1.44. The summed E-state index contributed by atoms with van der Waals surface area (Å²) in [7, 11) is 0. The van der Waals surface area contributed by atoms with Crippen molar-refractivity contribution in [2.45, 2.75) is 55.9 Å². The SMILES string of the molecule is C[C@@]1(C(=O)[C@H](Cc2ccccc2)NC(=O)[C@H](Cc2c[nH]c3ccccc23)NC(=O)[C@H](CSCc2ccccc2)NC(=O)OCc2ccccc2)CO1. The van der Waals surface area contributed by atoms with Crippen molar-refractivity contribution in [2.24, 2.45) is 0 Å². The number of H-pyrrole nitrogens is 1. The molecule has 1 saturated heterocycles. The number of epoxide rings is 1. The van der Waals surface area contributed by atoms with Gasteiger partial charge in [0, 0.05) is 35.0 Å². The first kappa shape index (κ1) is 36.4. The molecule has 6 rings (SSSR count). The van der Waals surface area contributed by atoms with Gasteiger partial charge in [-0.2, -0.15) is 11.8 Å². The number of ether oxygens (including phenoxy) is 2. The van der Waals surface area contributed by atoms with Gasteiger partial charge in [-0.05, 0) is 41.7 Å². The molecule has 4 aromatic carbocycles. The van der Waals surface area contributed by atoms with Crippen LogP contribution >= 0.6 is 11.8 Å². The highest BCUT2D eigenvalue weighted by atomic mass is 32.2. The predicted molar refractivity (Wildman–Crippen MR) is 202 cm³/mol. The van der Waals surface area contributed by atoms with Gasteiger partial charge in [0.25, 0.3) is 0 Å². The first-order valence-electron chi connectivity index (χ1n) is 17.2. The van der Waals surface area contributed by atoms with E-state index >= 15 is 0 Å². The maximum Gasteiger partial charge on any atom is 0.408 e. The topological polar surface area (TPSA) is 142 Å². The monoisotopic (exact) mass is 718 g/mol. The highest BCUT2D eigenvalue weighted by Gasteiger charge is 2.50. The zero-order chi connectivity index (χ0) is 36.3. The van der Waals surface area contributed by atoms with Gasteiger partial charge in [0.2, 0.25) is 11.8 Å². The Bertz CT molecular complexity index is 1970. The molecule has 0 bridgehead atoms. The number of thioether (sulfide) groups is 1. The molecule has 52 heavy (non-hydrogen) atoms. The Kier molecular flexibility index (Phi) is 12.1. The minimum Gasteiger partial charge on any atom is -0.445 e. The molecule has 10 nitrogen and oxygen atoms in total. The van der Waals surface area contributed by atoms with Crippen molar-refractivity contribution in [2.75, 3.05) is 12.4 Å². The van der Waals surface area contributed by atoms with Crippen molar-refractivity contribution in [3.05, 3.63) is 144 Å². The highest BCUT2D eigenvalue weighted by molar-refractivity contribution is 7.98. The number of alkyl carbamates (subject to hydrolysis) is 1. The summed E-state index contributed by atoms with van der Waals surface area (Å²) < 4.78 is 10.9. The third kappa shape index (κ3) is 9.89. The Morgan fingerprint density at radius 3 is 1.98 bits per heavy atom. The fraction of sp³-hybridized carbons (Fsp3) is 0.268. The second-order valence-electron chi connectivity index (χ2n) is 13.0. The van der Waals surface area contributed by atoms with Crippen molar-refractivity contribution >= 4 is 46.4 Å². The summed E-state index contributed by atoms with van der Waals surface area (Å²) in [4.78, 5) is 58.3. The molecule has 1 aliphatic rings. The average molecular weight is 719 g/mol. The third-order valence-corrected chi connectivity index (χ3v) is 10.1. The Morgan fingerprint density at radius 1 is 0.731 bits per heavy atom. The molecule has 0 aliphatic carbocycles. The van der Waals surface area contributed by atoms with Gasteiger partial charge < -0.3 is 30.4 Å². The molecule has 1 fully saturated rings. The van der Waals surface area contributed by atoms with Crippen LogP contribution in [-0.4, -0.2) is 64.8 Å². The first-order chi connectivity index (χ1) is 25.3. The number of para-hydroxylation sites is 1. The zero-order valence-electron chi connectivity index (χ0n) is 28.9. The molecule has 5 aromatic rings. The second-order valence-corrected chi connectivity index (χ2v) is 14.0. The van der Waals surface area contributed by atoms with Crippen LogP contribution in [0.3, 0.4) is 0 Å². The average Bonchev–Trinajstić information content (AvgIpc) is 3.80. The zero-order valence-corrected chi connectivity index (χ0v) is 29.7. The molecule has 268 valence electrons. The number of carbonyl (C=O) groups is 4. The van der Waals surface area contributed by atoms with E-state index in [9.17, 15) is 19.2 Å². The van der Waals surface area contributed by atoms with Crippen molar-refractivity contribution in [1.82, 2.24) is 20.9 Å². The van der Waals surface area contributed by atoms with Crippen LogP contribution in [0.1, 0.15) is 29.2 Å². The van der Waals surface area contributed by atoms with Crippen LogP contribution < -0.4 is 16.0 Å². The molecule has 1 aliphatic heterocycles. The lowest BCUT2D eigenvalue weighted by Crippen LogP contribution is -2.58. The van der Waals surface area contributed by atoms with E-state index < -0.39 is 41.6 Å². The van der Waals surface area contributed by atoms with Gasteiger partial charge in [-0.25, -0.2) is 4.79 Å². The van der Waals surface area contributed by atoms with Gasteiger partial charge in [-0.3, -0.25) is 14.4 Å². The lowest BCUT2D eigenvalue weighted by Gasteiger charge is -2.26. The van der Waals surface area contributed by atoms with Crippen molar-refractivity contribution in [3.8, 4) is 0 Å². The van der Waals surface area contributed by atoms with Crippen molar-refractivity contribution in [3.63, 3.8) is 0 Å². The Labute approximate surface area is 307 Å². The van der Waals surface area contributed by atoms with Gasteiger partial charge in [0.05, 0.1) is 12.6 Å². The smallest absolute Gasteiger partial charge is 0.408 e. The quantitative estimate of drug-likeness (QED) is 0.0930. The molecule has 4 N–H and O–H groups in total. The molecule has 0 saturated carbocycles. The van der Waals surface area contributed by atoms with E-state index in [1.807, 2.05) is 121 Å². The van der Waals surface area contributed by atoms with Gasteiger partial charge in [0.15, 0.2) is 5.78 Å². The molecular formula is C41H42N4O6S. The van der Waals surface area contributed by atoms with Gasteiger partial charge in [-0.15, -0.1) is 0 Å². The molecule has 2 heterocycles. The molecular weight excluding hydrogens is 677 g/mol. The van der Waals surface area contributed by atoms with Crippen LogP contribution in [-0.2, 0) is 49.1 Å². The van der Waals surface area contributed by atoms with E-state index in [2.05, 4.69) is 20.9 Å². The van der Waals surface area contributed by atoms with E-state index in [4.69, 9.17) is 9.47 Å². The molecule has 0 unspecified atom stereocenters. The minimum absolute atomic E-state index is 0.0310. The summed E-state index contributed by atoms with van der Waals surface area (Å²) >= 11 is 1.47. The standard InChI is InChI=1S/C41H42N4O6S/c1-41(27-51-41)37(46)34(21-28-13-5-2-6-14-28)43-38(47)35(22-31-23-42-33-20-12-11-19-32(31)33)44-39(48)36(26-52-25-30-17-9-4-10-18-30)45-40(49)50-24-29-15-7-3-8-16-29/h2-20,23,34-36,42H,21-22,24-27H2,1H3,(H,43,47)(H,44,48)(H,45,49)/t34-,35-,36-,41-/m0/s1. The molecule has 0 spiro atoms. The van der Waals surface area contributed by atoms with Crippen molar-refractivity contribution < 1.29 is 28.7 Å². The number of nitrogens with one attached hydrogen (secondary N) is 4. The third-order valence-electron chi connectivity index (χ3n) is 8.96. The summed E-state index contributed by atoms with van der Waals surface area (Å²) in [5, 5.41) is 9.50. The Hall–Kier alpha value is -5.39. The van der Waals surface area contributed by atoms with Crippen LogP contribution in [0.5, 0.6) is 0 Å². The summed E-state index contributed by atoms with van der Waals surface area (Å²) in [5.41, 5.74) is 3.46. The van der Waals surface area contributed by atoms with Crippen LogP contribution in [0.4, 0.5) is 4.79 Å². The summed E-state index contributed by atoms with van der Waals surface area (Å²) in [6.45, 7) is 2.02. The number of ketones is 1. The first-order valence-corrected chi connectivity index (χ1v) is 18.4. The fourth-order valence-corrected chi connectivity index (χ4v) is 6.93. The van der Waals surface area contributed by atoms with E-state index in [1.54, 1.807) is 6.92 Å². The van der Waals surface area contributed by atoms with E-state index in [0.717, 1.165) is 33.2 Å². The number of carbonyl (C=O) groups excluding carboxylic acids is 4. The number of fused-ring (bicyclic) bond motifs is 1. The Balaban J connectivity index is 1.22. The maximum absolute atomic E-state index is 14.3. The van der Waals surface area contributed by atoms with E-state index in [1.165, 1.54) is 11.8 Å². The minimum atomic E-state index is -1.09. The summed E-state index contributed by atoms with van der Waals surface area (Å²) in [5.74, 6) is -0.498. The normalized spacial score (nSPS) is 16.6. The molecule has 1 aromatic heterocycles. The molecule has 3 amide bonds. The number of rotatable bonds is 17. The maximum atomic E-state index is 14.3. The number of hydrogen-bond acceptors (Lipinski definition) is 7. The number of hydrogen-bond donors (Lipinski definition) is 4. The molecule has 11 heteroatoms. The number of Topliss-reactive ketones (excluding diaryl/α,β-unsaturated/α-hetero) is 1. The van der Waals surface area contributed by atoms with E-state index in [-0.39, 0.29) is 37.6 Å². The van der Waals surface area contributed by atoms with Gasteiger partial charge in [-0.1, -0.05) is 109 Å². The highest BCUT2D eigenvalue weighted by Crippen LogP contribution is 2.29. The van der Waals surface area contributed by atoms with Crippen LogP contribution in [0.15, 0.2) is 121 Å². The fourth-order valence-electron chi connectivity index (χ4n) is 5.91. The number of amides is 3. The van der Waals surface area contributed by atoms with Gasteiger partial charge in [0.1, 0.15) is 24.3 Å². The van der Waals surface area contributed by atoms with Crippen LogP contribution in [0.2, 0.25) is 0 Å². The molecule has 0 radical (unpaired) electrons. The number of benzene rings is 4. The van der Waals surface area contributed by atoms with Gasteiger partial charge >= 0.3 is 6.09 Å². The summed E-state index contributed by atoms with van der Waals surface area (Å²) in [6, 6.07) is 33.2. The predicted octanol–water partition coefficient (Wildman–Crippen LogP) is 5.51. The second kappa shape index (κ2) is 17.2. The van der Waals surface area contributed by atoms with Crippen LogP contribution in [0, 0.1) is 0 Å². The lowest BCUT2D eigenvalue weighted by molar-refractivity contribution is -0.133. The number of aromatic amines is 1. The lowest BCUT2D eigenvalue weighted by atomic mass is 9.94. The Morgan fingerprint density at radius 2 is 1.31 bits per heavy atom. The van der Waals surface area contributed by atoms with E-state index in [0.29, 0.717) is 5.75 Å². The molecule has 4 atom stereocenters.